The van der Waals surface area contributed by atoms with E-state index >= 15 is 0 Å². The minimum absolute atomic E-state index is 0.0131. The zero-order chi connectivity index (χ0) is 35.8. The molecule has 2 amide bonds. The van der Waals surface area contributed by atoms with Crippen LogP contribution in [0, 0.1) is 5.92 Å². The number of nitrogens with two attached hydrogens (primary N) is 1. The Balaban J connectivity index is 1.99. The number of allylic oxidation sites excluding steroid dienone is 1. The molecule has 2 aromatic carbocycles. The third-order valence-corrected chi connectivity index (χ3v) is 9.31. The summed E-state index contributed by atoms with van der Waals surface area (Å²) < 4.78 is 46.3. The fourth-order valence-corrected chi connectivity index (χ4v) is 6.44. The Hall–Kier alpha value is -4.15. The number of sulfonamides is 1. The van der Waals surface area contributed by atoms with Crippen LogP contribution in [0.3, 0.4) is 0 Å². The summed E-state index contributed by atoms with van der Waals surface area (Å²) in [5.74, 6) is -0.544. The Bertz CT molecular complexity index is 1590. The van der Waals surface area contributed by atoms with Crippen molar-refractivity contribution >= 4 is 39.5 Å². The summed E-state index contributed by atoms with van der Waals surface area (Å²) in [7, 11) is -2.17. The van der Waals surface area contributed by atoms with Crippen LogP contribution in [-0.2, 0) is 40.4 Å². The lowest BCUT2D eigenvalue weighted by molar-refractivity contribution is -0.122. The first kappa shape index (κ1) is 39.3. The van der Waals surface area contributed by atoms with Crippen LogP contribution < -0.4 is 26.4 Å². The number of amides is 2. The highest BCUT2D eigenvalue weighted by atomic mass is 32.2. The summed E-state index contributed by atoms with van der Waals surface area (Å²) in [6.07, 6.45) is 0.874. The van der Waals surface area contributed by atoms with Crippen LogP contribution in [0.1, 0.15) is 44.7 Å². The van der Waals surface area contributed by atoms with Gasteiger partial charge in [0.15, 0.2) is 0 Å². The fraction of sp³-hybridized carbons (Fsp3) is 0.471. The van der Waals surface area contributed by atoms with Crippen LogP contribution in [0.25, 0.3) is 0 Å². The van der Waals surface area contributed by atoms with Crippen LogP contribution in [0.15, 0.2) is 63.7 Å². The van der Waals surface area contributed by atoms with Crippen molar-refractivity contribution in [3.8, 4) is 5.75 Å². The lowest BCUT2D eigenvalue weighted by Crippen LogP contribution is -2.36. The van der Waals surface area contributed by atoms with Gasteiger partial charge in [0, 0.05) is 37.3 Å². The van der Waals surface area contributed by atoms with E-state index in [1.54, 1.807) is 25.1 Å². The van der Waals surface area contributed by atoms with E-state index < -0.39 is 15.9 Å². The number of hydrogen-bond donors (Lipinski definition) is 4. The number of nitrogens with one attached hydrogen (secondary N) is 3. The lowest BCUT2D eigenvalue weighted by Gasteiger charge is -2.23. The number of carbonyl (C=O) groups is 3. The van der Waals surface area contributed by atoms with Gasteiger partial charge in [-0.2, -0.15) is 4.31 Å². The van der Waals surface area contributed by atoms with Crippen LogP contribution in [-0.4, -0.2) is 96.3 Å². The standard InChI is InChI=1S/C34H48N6O8S/c1-24(2)31-26-10-12-28(13-11-26)49(44,45)40(15-6-9-30(42)37-14-17-41)16-18-46-19-20-47-21-22-48-33-27(23-36-4)7-5-8-29(33)38-34(43)32(39-31)25(3)35/h5,7-8,10-13,17,24,36H,6,9,14-16,18-23,35H2,1-4H3,(H,37,42)(H,38,43)/b32-25+,39-31?. The van der Waals surface area contributed by atoms with Gasteiger partial charge in [0.2, 0.25) is 15.9 Å². The number of nitrogens with zero attached hydrogens (tertiary/aromatic N) is 2. The van der Waals surface area contributed by atoms with E-state index in [0.29, 0.717) is 35.5 Å². The minimum Gasteiger partial charge on any atom is -0.489 e. The summed E-state index contributed by atoms with van der Waals surface area (Å²) in [4.78, 5) is 41.0. The minimum atomic E-state index is -3.99. The SMILES string of the molecule is CNCc1cccc2c1OCCOCCOCCN(CCCC(=O)NCC=O)S(=O)(=O)c1ccc(cc1)C(C(C)C)=N/C(=C(\C)N)C(=O)N2. The largest absolute Gasteiger partial charge is 0.489 e. The van der Waals surface area contributed by atoms with Crippen LogP contribution in [0.5, 0.6) is 5.75 Å². The van der Waals surface area contributed by atoms with Gasteiger partial charge >= 0.3 is 0 Å². The summed E-state index contributed by atoms with van der Waals surface area (Å²) in [5.41, 5.74) is 8.84. The Morgan fingerprint density at radius 2 is 1.78 bits per heavy atom. The molecule has 268 valence electrons. The number of fused-ring (bicyclic) bond motifs is 15. The molecule has 0 atom stereocenters. The third kappa shape index (κ3) is 11.7. The molecule has 0 fully saturated rings. The Kier molecular flexibility index (Phi) is 15.8. The van der Waals surface area contributed by atoms with Crippen molar-refractivity contribution in [2.24, 2.45) is 16.6 Å². The Labute approximate surface area is 288 Å². The van der Waals surface area contributed by atoms with Gasteiger partial charge in [-0.15, -0.1) is 0 Å². The van der Waals surface area contributed by atoms with Crippen LogP contribution in [0.4, 0.5) is 5.69 Å². The number of aliphatic imine (C=N–C) groups is 1. The Morgan fingerprint density at radius 3 is 2.43 bits per heavy atom. The quantitative estimate of drug-likeness (QED) is 0.171. The molecule has 14 nitrogen and oxygen atoms in total. The lowest BCUT2D eigenvalue weighted by atomic mass is 9.99. The molecular formula is C34H48N6O8S. The number of hydrogen-bond acceptors (Lipinski definition) is 11. The van der Waals surface area contributed by atoms with Gasteiger partial charge in [-0.25, -0.2) is 13.4 Å². The summed E-state index contributed by atoms with van der Waals surface area (Å²) in [5, 5.41) is 8.48. The summed E-state index contributed by atoms with van der Waals surface area (Å²) in [6, 6.07) is 11.7. The molecule has 2 bridgehead atoms. The van der Waals surface area contributed by atoms with Gasteiger partial charge in [0.25, 0.3) is 5.91 Å². The predicted octanol–water partition coefficient (Wildman–Crippen LogP) is 2.19. The van der Waals surface area contributed by atoms with E-state index in [1.807, 2.05) is 33.0 Å². The normalized spacial score (nSPS) is 17.8. The summed E-state index contributed by atoms with van der Waals surface area (Å²) in [6.45, 7) is 6.92. The third-order valence-electron chi connectivity index (χ3n) is 7.39. The highest BCUT2D eigenvalue weighted by molar-refractivity contribution is 7.89. The molecule has 5 N–H and O–H groups in total. The first-order chi connectivity index (χ1) is 23.5. The van der Waals surface area contributed by atoms with E-state index in [1.165, 1.54) is 16.4 Å². The highest BCUT2D eigenvalue weighted by Crippen LogP contribution is 2.30. The molecular weight excluding hydrogens is 652 g/mol. The van der Waals surface area contributed by atoms with E-state index in [4.69, 9.17) is 24.9 Å². The van der Waals surface area contributed by atoms with Gasteiger partial charge in [-0.1, -0.05) is 38.1 Å². The first-order valence-corrected chi connectivity index (χ1v) is 17.7. The van der Waals surface area contributed by atoms with Gasteiger partial charge in [-0.05, 0) is 50.1 Å². The van der Waals surface area contributed by atoms with E-state index in [-0.39, 0.29) is 93.6 Å². The smallest absolute Gasteiger partial charge is 0.276 e. The van der Waals surface area contributed by atoms with E-state index in [9.17, 15) is 22.8 Å². The van der Waals surface area contributed by atoms with Gasteiger partial charge in [0.05, 0.1) is 49.3 Å². The number of benzene rings is 2. The fourth-order valence-electron chi connectivity index (χ4n) is 4.98. The maximum absolute atomic E-state index is 13.8. The molecule has 2 aliphatic rings. The van der Waals surface area contributed by atoms with Crippen LogP contribution in [0.2, 0.25) is 0 Å². The molecule has 0 unspecified atom stereocenters. The van der Waals surface area contributed by atoms with E-state index in [2.05, 4.69) is 16.0 Å². The molecule has 0 aromatic heterocycles. The predicted molar refractivity (Wildman–Crippen MR) is 187 cm³/mol. The van der Waals surface area contributed by atoms with Crippen molar-refractivity contribution < 1.29 is 37.0 Å². The second kappa shape index (κ2) is 19.7. The number of para-hydroxylation sites is 1. The van der Waals surface area contributed by atoms with Crippen molar-refractivity contribution in [3.63, 3.8) is 0 Å². The monoisotopic (exact) mass is 700 g/mol. The van der Waals surface area contributed by atoms with Gasteiger partial charge in [-0.3, -0.25) is 9.59 Å². The van der Waals surface area contributed by atoms with Crippen molar-refractivity contribution in [3.05, 3.63) is 65.0 Å². The molecule has 2 aliphatic heterocycles. The van der Waals surface area contributed by atoms with Gasteiger partial charge < -0.3 is 40.7 Å². The topological polar surface area (TPSA) is 191 Å². The zero-order valence-electron chi connectivity index (χ0n) is 28.6. The molecule has 2 aromatic rings. The molecule has 0 spiro atoms. The van der Waals surface area contributed by atoms with Crippen molar-refractivity contribution in [1.29, 1.82) is 0 Å². The molecule has 49 heavy (non-hydrogen) atoms. The molecule has 2 heterocycles. The molecule has 15 heteroatoms. The second-order valence-corrected chi connectivity index (χ2v) is 13.5. The average molecular weight is 701 g/mol. The highest BCUT2D eigenvalue weighted by Gasteiger charge is 2.25. The maximum atomic E-state index is 13.8. The van der Waals surface area contributed by atoms with Crippen molar-refractivity contribution in [2.45, 2.75) is 45.1 Å². The number of ether oxygens (including phenoxy) is 3. The molecule has 0 saturated carbocycles. The van der Waals surface area contributed by atoms with Crippen LogP contribution >= 0.6 is 0 Å². The van der Waals surface area contributed by atoms with Crippen molar-refractivity contribution in [2.75, 3.05) is 65.0 Å². The number of aldehydes is 1. The Morgan fingerprint density at radius 1 is 1.08 bits per heavy atom. The molecule has 0 saturated heterocycles. The maximum Gasteiger partial charge on any atom is 0.276 e. The first-order valence-electron chi connectivity index (χ1n) is 16.2. The zero-order valence-corrected chi connectivity index (χ0v) is 29.4. The summed E-state index contributed by atoms with van der Waals surface area (Å²) >= 11 is 0. The number of carbonyl (C=O) groups excluding carboxylic acids is 3. The van der Waals surface area contributed by atoms with E-state index in [0.717, 1.165) is 5.56 Å². The number of anilines is 1. The molecule has 4 rings (SSSR count). The second-order valence-electron chi connectivity index (χ2n) is 11.5. The molecule has 0 aliphatic carbocycles. The average Bonchev–Trinajstić information content (AvgIpc) is 3.06. The number of rotatable bonds is 9. The van der Waals surface area contributed by atoms with Gasteiger partial charge in [0.1, 0.15) is 24.3 Å². The van der Waals surface area contributed by atoms with Crippen molar-refractivity contribution in [1.82, 2.24) is 14.9 Å². The molecule has 0 radical (unpaired) electrons.